The minimum Gasteiger partial charge on any atom is -0.342 e. The molecule has 0 radical (unpaired) electrons. The summed E-state index contributed by atoms with van der Waals surface area (Å²) >= 11 is 0. The van der Waals surface area contributed by atoms with E-state index in [1.165, 1.54) is 5.56 Å². The lowest BCUT2D eigenvalue weighted by molar-refractivity contribution is -0.133. The van der Waals surface area contributed by atoms with Crippen LogP contribution in [-0.4, -0.2) is 59.1 Å². The maximum Gasteiger partial charge on any atom is 0.244 e. The molecule has 3 heterocycles. The van der Waals surface area contributed by atoms with Crippen molar-refractivity contribution in [2.75, 3.05) is 25.1 Å². The number of anilines is 1. The van der Waals surface area contributed by atoms with E-state index in [0.29, 0.717) is 25.1 Å². The Kier molecular flexibility index (Phi) is 5.66. The monoisotopic (exact) mass is 505 g/mol. The Balaban J connectivity index is 1.13. The van der Waals surface area contributed by atoms with Gasteiger partial charge in [0.25, 0.3) is 0 Å². The summed E-state index contributed by atoms with van der Waals surface area (Å²) < 4.78 is 15.9. The first kappa shape index (κ1) is 23.4. The van der Waals surface area contributed by atoms with E-state index in [1.807, 2.05) is 22.0 Å². The van der Waals surface area contributed by atoms with Crippen molar-refractivity contribution in [3.8, 4) is 0 Å². The molecule has 8 heteroatoms. The number of likely N-dealkylation sites (tertiary alicyclic amines) is 1. The zero-order valence-electron chi connectivity index (χ0n) is 21.3. The van der Waals surface area contributed by atoms with E-state index in [0.717, 1.165) is 74.9 Å². The number of carbonyl (C=O) groups excluding carboxylic acids is 2. The predicted octanol–water partition coefficient (Wildman–Crippen LogP) is 3.50. The van der Waals surface area contributed by atoms with Crippen molar-refractivity contribution >= 4 is 23.1 Å². The average molecular weight is 506 g/mol. The normalized spacial score (nSPS) is 30.5. The fourth-order valence-corrected chi connectivity index (χ4v) is 7.07. The summed E-state index contributed by atoms with van der Waals surface area (Å²) in [6, 6.07) is 6.24. The highest BCUT2D eigenvalue weighted by atomic mass is 19.1. The first-order valence-electron chi connectivity index (χ1n) is 14.1. The smallest absolute Gasteiger partial charge is 0.244 e. The van der Waals surface area contributed by atoms with E-state index in [9.17, 15) is 9.59 Å². The quantitative estimate of drug-likeness (QED) is 0.571. The van der Waals surface area contributed by atoms with Crippen molar-refractivity contribution in [1.82, 2.24) is 20.5 Å². The van der Waals surface area contributed by atoms with Crippen LogP contribution in [0, 0.1) is 11.8 Å². The first-order valence-corrected chi connectivity index (χ1v) is 14.1. The van der Waals surface area contributed by atoms with Gasteiger partial charge in [-0.1, -0.05) is 37.1 Å². The molecule has 4 fully saturated rings. The van der Waals surface area contributed by atoms with Gasteiger partial charge in [0.1, 0.15) is 12.3 Å². The van der Waals surface area contributed by atoms with Gasteiger partial charge in [0.2, 0.25) is 11.8 Å². The van der Waals surface area contributed by atoms with Crippen LogP contribution in [0.2, 0.25) is 0 Å². The molecule has 3 atom stereocenters. The summed E-state index contributed by atoms with van der Waals surface area (Å²) in [5.74, 6) is 0.878. The van der Waals surface area contributed by atoms with Crippen LogP contribution in [0.15, 0.2) is 35.9 Å². The molecular weight excluding hydrogens is 469 g/mol. The highest BCUT2D eigenvalue weighted by molar-refractivity contribution is 5.90. The second-order valence-electron chi connectivity index (χ2n) is 11.9. The van der Waals surface area contributed by atoms with E-state index in [2.05, 4.69) is 34.4 Å². The van der Waals surface area contributed by atoms with Crippen LogP contribution >= 0.6 is 0 Å². The number of nitrogens with zero attached hydrogens (tertiary/aromatic N) is 2. The molecule has 196 valence electrons. The lowest BCUT2D eigenvalue weighted by atomic mass is 9.89. The Bertz CT molecular complexity index is 1180. The number of hydrogen-bond donors (Lipinski definition) is 3. The number of hydrogen-bond acceptors (Lipinski definition) is 5. The molecule has 3 aliphatic carbocycles. The minimum absolute atomic E-state index is 0.127. The van der Waals surface area contributed by atoms with E-state index < -0.39 is 17.9 Å². The summed E-state index contributed by atoms with van der Waals surface area (Å²) in [6.07, 6.45) is 9.29. The summed E-state index contributed by atoms with van der Waals surface area (Å²) in [7, 11) is 0. The molecule has 2 saturated heterocycles. The first-order chi connectivity index (χ1) is 18.0. The Morgan fingerprint density at radius 3 is 2.76 bits per heavy atom. The predicted molar refractivity (Wildman–Crippen MR) is 140 cm³/mol. The number of amides is 2. The van der Waals surface area contributed by atoms with Gasteiger partial charge in [-0.3, -0.25) is 14.9 Å². The summed E-state index contributed by atoms with van der Waals surface area (Å²) in [5, 5.41) is 3.63. The van der Waals surface area contributed by atoms with Gasteiger partial charge in [-0.15, -0.1) is 0 Å². The van der Waals surface area contributed by atoms with E-state index in [4.69, 9.17) is 0 Å². The fourth-order valence-electron chi connectivity index (χ4n) is 7.07. The van der Waals surface area contributed by atoms with Gasteiger partial charge in [-0.2, -0.15) is 0 Å². The molecule has 0 bridgehead atoms. The number of halogens is 1. The van der Waals surface area contributed by atoms with E-state index >= 15 is 4.39 Å². The molecule has 3 aliphatic heterocycles. The second-order valence-corrected chi connectivity index (χ2v) is 11.9. The average Bonchev–Trinajstić information content (AvgIpc) is 3.25. The van der Waals surface area contributed by atoms with Gasteiger partial charge < -0.3 is 15.2 Å². The molecule has 7 nitrogen and oxygen atoms in total. The SMILES string of the molecule is O=C(C1CC1)N1CC[C@@H](CN2C(=O)C3(CCCC3)NC2C2=CC=C(c3ccc4c(c3)NNC4)CC2F)C1. The summed E-state index contributed by atoms with van der Waals surface area (Å²) in [4.78, 5) is 30.3. The number of carbonyl (C=O) groups is 2. The number of alkyl halides is 1. The fraction of sp³-hybridized carbons (Fsp3) is 0.586. The zero-order chi connectivity index (χ0) is 25.1. The molecule has 1 aromatic carbocycles. The van der Waals surface area contributed by atoms with Gasteiger partial charge in [0, 0.05) is 44.1 Å². The van der Waals surface area contributed by atoms with Crippen LogP contribution in [0.5, 0.6) is 0 Å². The molecule has 2 saturated carbocycles. The standard InChI is InChI=1S/C29H36FN5O2/c30-24-13-20(21-5-6-22-15-31-33-25(22)14-21)7-8-23(24)26-32-29(10-1-2-11-29)28(37)35(26)17-18-9-12-34(16-18)27(36)19-3-4-19/h5-8,14,18-19,24,26,31-33H,1-4,9-13,15-17H2/t18-,24?,26?/m1/s1. The van der Waals surface area contributed by atoms with E-state index in [-0.39, 0.29) is 23.7 Å². The van der Waals surface area contributed by atoms with Crippen molar-refractivity contribution in [1.29, 1.82) is 0 Å². The molecular formula is C29H36FN5O2. The molecule has 7 rings (SSSR count). The summed E-state index contributed by atoms with van der Waals surface area (Å²) in [5.41, 5.74) is 10.7. The molecule has 1 spiro atoms. The van der Waals surface area contributed by atoms with Crippen LogP contribution in [0.1, 0.15) is 62.5 Å². The number of rotatable bonds is 5. The number of allylic oxidation sites excluding steroid dienone is 3. The van der Waals surface area contributed by atoms with Crippen molar-refractivity contribution in [2.45, 2.75) is 75.8 Å². The molecule has 37 heavy (non-hydrogen) atoms. The lowest BCUT2D eigenvalue weighted by Gasteiger charge is -2.31. The van der Waals surface area contributed by atoms with Crippen molar-refractivity contribution < 1.29 is 14.0 Å². The van der Waals surface area contributed by atoms with Gasteiger partial charge in [-0.25, -0.2) is 9.82 Å². The van der Waals surface area contributed by atoms with Gasteiger partial charge in [0.05, 0.1) is 11.2 Å². The molecule has 3 N–H and O–H groups in total. The summed E-state index contributed by atoms with van der Waals surface area (Å²) in [6.45, 7) is 2.85. The second kappa shape index (κ2) is 8.95. The highest BCUT2D eigenvalue weighted by Crippen LogP contribution is 2.42. The molecule has 1 aromatic rings. The molecule has 2 amide bonds. The minimum atomic E-state index is -1.15. The van der Waals surface area contributed by atoms with Crippen LogP contribution in [0.4, 0.5) is 10.1 Å². The number of benzene rings is 1. The Morgan fingerprint density at radius 2 is 1.97 bits per heavy atom. The van der Waals surface area contributed by atoms with Crippen LogP contribution in [0.25, 0.3) is 5.57 Å². The molecule has 0 aromatic heterocycles. The van der Waals surface area contributed by atoms with Gasteiger partial charge >= 0.3 is 0 Å². The Morgan fingerprint density at radius 1 is 1.14 bits per heavy atom. The number of fused-ring (bicyclic) bond motifs is 1. The molecule has 6 aliphatic rings. The van der Waals surface area contributed by atoms with E-state index in [1.54, 1.807) is 0 Å². The highest BCUT2D eigenvalue weighted by Gasteiger charge is 2.54. The molecule has 2 unspecified atom stereocenters. The van der Waals surface area contributed by atoms with Crippen molar-refractivity contribution in [3.05, 3.63) is 47.1 Å². The third-order valence-electron chi connectivity index (χ3n) is 9.37. The van der Waals surface area contributed by atoms with Gasteiger partial charge in [0.15, 0.2) is 0 Å². The number of nitrogens with one attached hydrogen (secondary N) is 3. The largest absolute Gasteiger partial charge is 0.342 e. The Hall–Kier alpha value is -2.71. The third kappa shape index (κ3) is 4.09. The van der Waals surface area contributed by atoms with Crippen molar-refractivity contribution in [2.24, 2.45) is 11.8 Å². The van der Waals surface area contributed by atoms with Crippen LogP contribution in [-0.2, 0) is 16.1 Å². The number of hydrazine groups is 1. The topological polar surface area (TPSA) is 76.7 Å². The zero-order valence-corrected chi connectivity index (χ0v) is 21.3. The third-order valence-corrected chi connectivity index (χ3v) is 9.37. The van der Waals surface area contributed by atoms with Crippen LogP contribution < -0.4 is 16.2 Å². The lowest BCUT2D eigenvalue weighted by Crippen LogP contribution is -2.46. The Labute approximate surface area is 217 Å². The van der Waals surface area contributed by atoms with Crippen LogP contribution in [0.3, 0.4) is 0 Å². The van der Waals surface area contributed by atoms with Gasteiger partial charge in [-0.05, 0) is 60.8 Å². The maximum absolute atomic E-state index is 15.9. The van der Waals surface area contributed by atoms with Crippen molar-refractivity contribution in [3.63, 3.8) is 0 Å². The maximum atomic E-state index is 15.9.